The number of aliphatic hydroxyl groups is 1. The van der Waals surface area contributed by atoms with Gasteiger partial charge in [0.1, 0.15) is 0 Å². The van der Waals surface area contributed by atoms with Gasteiger partial charge in [0, 0.05) is 12.2 Å². The zero-order valence-electron chi connectivity index (χ0n) is 14.4. The van der Waals surface area contributed by atoms with Gasteiger partial charge in [-0.05, 0) is 41.8 Å². The fraction of sp³-hybridized carbons (Fsp3) is 0.529. The average molecular weight is 344 g/mol. The molecule has 1 saturated heterocycles. The third kappa shape index (κ3) is 3.79. The van der Waals surface area contributed by atoms with Crippen molar-refractivity contribution in [2.24, 2.45) is 0 Å². The predicted octanol–water partition coefficient (Wildman–Crippen LogP) is 2.20. The number of aliphatic hydroxyl groups excluding tert-OH is 1. The van der Waals surface area contributed by atoms with Crippen molar-refractivity contribution in [1.82, 2.24) is 25.1 Å². The Morgan fingerprint density at radius 3 is 2.84 bits per heavy atom. The molecule has 0 radical (unpaired) electrons. The molecule has 0 unspecified atom stereocenters. The van der Waals surface area contributed by atoms with Crippen molar-refractivity contribution in [2.75, 3.05) is 11.9 Å². The van der Waals surface area contributed by atoms with Crippen LogP contribution in [0.15, 0.2) is 30.3 Å². The van der Waals surface area contributed by atoms with E-state index < -0.39 is 0 Å². The molecule has 8 heteroatoms. The lowest BCUT2D eigenvalue weighted by Crippen LogP contribution is -2.42. The first-order valence-corrected chi connectivity index (χ1v) is 8.76. The summed E-state index contributed by atoms with van der Waals surface area (Å²) in [6, 6.07) is 8.60. The lowest BCUT2D eigenvalue weighted by atomic mass is 10.2. The Bertz CT molecular complexity index is 689. The summed E-state index contributed by atoms with van der Waals surface area (Å²) in [5, 5.41) is 24.6. The molecule has 1 aromatic heterocycles. The normalized spacial score (nSPS) is 20.0. The fourth-order valence-electron chi connectivity index (χ4n) is 3.25. The van der Waals surface area contributed by atoms with Crippen LogP contribution >= 0.6 is 0 Å². The van der Waals surface area contributed by atoms with Gasteiger partial charge in [-0.15, -0.1) is 5.10 Å². The lowest BCUT2D eigenvalue weighted by molar-refractivity contribution is 0.143. The molecule has 134 valence electrons. The summed E-state index contributed by atoms with van der Waals surface area (Å²) in [6.07, 6.45) is 3.48. The molecule has 0 saturated carbocycles. The third-order valence-corrected chi connectivity index (χ3v) is 4.55. The molecular weight excluding hydrogens is 320 g/mol. The number of nitrogens with one attached hydrogen (secondary N) is 1. The molecule has 8 nitrogen and oxygen atoms in total. The van der Waals surface area contributed by atoms with Gasteiger partial charge < -0.3 is 15.3 Å². The number of aromatic nitrogens is 4. The van der Waals surface area contributed by atoms with Gasteiger partial charge in [-0.25, -0.2) is 9.48 Å². The van der Waals surface area contributed by atoms with Gasteiger partial charge in [-0.3, -0.25) is 0 Å². The number of urea groups is 1. The zero-order chi connectivity index (χ0) is 17.6. The number of tetrazole rings is 1. The van der Waals surface area contributed by atoms with Crippen LogP contribution in [0.25, 0.3) is 0 Å². The van der Waals surface area contributed by atoms with E-state index >= 15 is 0 Å². The molecule has 2 atom stereocenters. The van der Waals surface area contributed by atoms with E-state index in [0.717, 1.165) is 37.9 Å². The van der Waals surface area contributed by atoms with Gasteiger partial charge >= 0.3 is 6.03 Å². The highest BCUT2D eigenvalue weighted by Gasteiger charge is 2.40. The van der Waals surface area contributed by atoms with Crippen molar-refractivity contribution < 1.29 is 9.90 Å². The number of benzene rings is 1. The van der Waals surface area contributed by atoms with Gasteiger partial charge in [0.15, 0.2) is 5.82 Å². The van der Waals surface area contributed by atoms with Crippen LogP contribution in [-0.4, -0.2) is 48.9 Å². The Hall–Kier alpha value is -2.48. The number of para-hydroxylation sites is 1. The van der Waals surface area contributed by atoms with Gasteiger partial charge in [-0.2, -0.15) is 0 Å². The number of carbonyl (C=O) groups excluding carboxylic acids is 1. The van der Waals surface area contributed by atoms with Crippen molar-refractivity contribution >= 4 is 11.7 Å². The van der Waals surface area contributed by atoms with Crippen LogP contribution in [0, 0.1) is 0 Å². The summed E-state index contributed by atoms with van der Waals surface area (Å²) in [7, 11) is 0. The zero-order valence-corrected chi connectivity index (χ0v) is 14.4. The van der Waals surface area contributed by atoms with E-state index in [-0.39, 0.29) is 24.7 Å². The topological polar surface area (TPSA) is 96.2 Å². The van der Waals surface area contributed by atoms with Crippen molar-refractivity contribution in [3.63, 3.8) is 0 Å². The van der Waals surface area contributed by atoms with Crippen molar-refractivity contribution in [2.45, 2.75) is 51.2 Å². The standard InChI is InChI=1S/C17H24N6O2/c1-2-3-11-22-16(19-20-21-22)15-10-9-14(12-24)23(15)17(25)18-13-7-5-4-6-8-13/h4-8,14-15,24H,2-3,9-12H2,1H3,(H,18,25)/t14-,15-/m0/s1. The van der Waals surface area contributed by atoms with Crippen LogP contribution in [0.3, 0.4) is 0 Å². The number of rotatable bonds is 6. The Morgan fingerprint density at radius 1 is 1.32 bits per heavy atom. The molecule has 2 aromatic rings. The Kier molecular flexibility index (Phi) is 5.60. The minimum Gasteiger partial charge on any atom is -0.394 e. The minimum absolute atomic E-state index is 0.0742. The number of hydrogen-bond acceptors (Lipinski definition) is 5. The van der Waals surface area contributed by atoms with Crippen LogP contribution in [0.5, 0.6) is 0 Å². The van der Waals surface area contributed by atoms with Gasteiger partial charge in [0.05, 0.1) is 18.7 Å². The number of unbranched alkanes of at least 4 members (excludes halogenated alkanes) is 1. The highest BCUT2D eigenvalue weighted by molar-refractivity contribution is 5.90. The molecule has 1 aliphatic rings. The smallest absolute Gasteiger partial charge is 0.322 e. The van der Waals surface area contributed by atoms with Crippen LogP contribution in [0.2, 0.25) is 0 Å². The molecule has 3 rings (SSSR count). The second-order valence-electron chi connectivity index (χ2n) is 6.25. The van der Waals surface area contributed by atoms with E-state index in [4.69, 9.17) is 0 Å². The molecule has 0 aliphatic carbocycles. The van der Waals surface area contributed by atoms with Crippen molar-refractivity contribution in [3.05, 3.63) is 36.2 Å². The first-order valence-electron chi connectivity index (χ1n) is 8.76. The largest absolute Gasteiger partial charge is 0.394 e. The molecule has 0 spiro atoms. The average Bonchev–Trinajstić information content (AvgIpc) is 3.26. The fourth-order valence-corrected chi connectivity index (χ4v) is 3.25. The summed E-state index contributed by atoms with van der Waals surface area (Å²) in [5.41, 5.74) is 0.723. The number of carbonyl (C=O) groups is 1. The quantitative estimate of drug-likeness (QED) is 0.837. The highest BCUT2D eigenvalue weighted by atomic mass is 16.3. The molecular formula is C17H24N6O2. The lowest BCUT2D eigenvalue weighted by Gasteiger charge is -2.29. The van der Waals surface area contributed by atoms with E-state index in [0.29, 0.717) is 5.82 Å². The molecule has 1 aliphatic heterocycles. The van der Waals surface area contributed by atoms with E-state index in [1.807, 2.05) is 30.3 Å². The number of nitrogens with zero attached hydrogens (tertiary/aromatic N) is 5. The van der Waals surface area contributed by atoms with Crippen LogP contribution in [0.1, 0.15) is 44.5 Å². The SMILES string of the molecule is CCCCn1nnnc1[C@@H]1CC[C@@H](CO)N1C(=O)Nc1ccccc1. The van der Waals surface area contributed by atoms with Gasteiger partial charge in [0.2, 0.25) is 0 Å². The number of aryl methyl sites for hydroxylation is 1. The molecule has 25 heavy (non-hydrogen) atoms. The highest BCUT2D eigenvalue weighted by Crippen LogP contribution is 2.35. The van der Waals surface area contributed by atoms with Gasteiger partial charge in [0.25, 0.3) is 0 Å². The maximum Gasteiger partial charge on any atom is 0.322 e. The second kappa shape index (κ2) is 8.06. The van der Waals surface area contributed by atoms with Crippen molar-refractivity contribution in [3.8, 4) is 0 Å². The summed E-state index contributed by atoms with van der Waals surface area (Å²) in [5.74, 6) is 0.688. The van der Waals surface area contributed by atoms with E-state index in [2.05, 4.69) is 27.8 Å². The Morgan fingerprint density at radius 2 is 2.12 bits per heavy atom. The van der Waals surface area contributed by atoms with E-state index in [1.165, 1.54) is 0 Å². The molecule has 2 N–H and O–H groups in total. The van der Waals surface area contributed by atoms with Crippen molar-refractivity contribution in [1.29, 1.82) is 0 Å². The number of likely N-dealkylation sites (tertiary alicyclic amines) is 1. The molecule has 1 fully saturated rings. The summed E-state index contributed by atoms with van der Waals surface area (Å²) in [6.45, 7) is 2.77. The minimum atomic E-state index is -0.238. The van der Waals surface area contributed by atoms with E-state index in [9.17, 15) is 9.90 Å². The summed E-state index contributed by atoms with van der Waals surface area (Å²) >= 11 is 0. The van der Waals surface area contributed by atoms with E-state index in [1.54, 1.807) is 9.58 Å². The number of hydrogen-bond donors (Lipinski definition) is 2. The van der Waals surface area contributed by atoms with Crippen LogP contribution < -0.4 is 5.32 Å². The first kappa shape index (κ1) is 17.3. The van der Waals surface area contributed by atoms with Crippen LogP contribution in [-0.2, 0) is 6.54 Å². The molecule has 1 aromatic carbocycles. The molecule has 2 heterocycles. The summed E-state index contributed by atoms with van der Waals surface area (Å²) < 4.78 is 1.77. The maximum absolute atomic E-state index is 12.8. The Balaban J connectivity index is 1.81. The molecule has 2 amide bonds. The first-order chi connectivity index (χ1) is 12.2. The van der Waals surface area contributed by atoms with Crippen LogP contribution in [0.4, 0.5) is 10.5 Å². The number of amides is 2. The maximum atomic E-state index is 12.8. The van der Waals surface area contributed by atoms with Gasteiger partial charge in [-0.1, -0.05) is 31.5 Å². The Labute approximate surface area is 146 Å². The third-order valence-electron chi connectivity index (χ3n) is 4.55. The summed E-state index contributed by atoms with van der Waals surface area (Å²) in [4.78, 5) is 14.5. The molecule has 0 bridgehead atoms. The monoisotopic (exact) mass is 344 g/mol. The second-order valence-corrected chi connectivity index (χ2v) is 6.25. The number of anilines is 1. The predicted molar refractivity (Wildman–Crippen MR) is 92.9 cm³/mol.